The summed E-state index contributed by atoms with van der Waals surface area (Å²) in [5.74, 6) is 0. The Hall–Kier alpha value is -0.880. The van der Waals surface area contributed by atoms with Crippen molar-refractivity contribution in [2.24, 2.45) is 0 Å². The van der Waals surface area contributed by atoms with Crippen molar-refractivity contribution in [3.05, 3.63) is 28.0 Å². The average molecular weight is 285 g/mol. The lowest BCUT2D eigenvalue weighted by molar-refractivity contribution is -0.0933. The zero-order valence-electron chi connectivity index (χ0n) is 9.69. The summed E-state index contributed by atoms with van der Waals surface area (Å²) in [4.78, 5) is 3.15. The number of ether oxygens (including phenoxy) is 2. The van der Waals surface area contributed by atoms with Crippen LogP contribution < -0.4 is 0 Å². The first-order valence-corrected chi connectivity index (χ1v) is 6.60. The van der Waals surface area contributed by atoms with Gasteiger partial charge in [-0.15, -0.1) is 0 Å². The van der Waals surface area contributed by atoms with Gasteiger partial charge in [-0.3, -0.25) is 0 Å². The van der Waals surface area contributed by atoms with Gasteiger partial charge in [0, 0.05) is 5.02 Å². The third-order valence-electron chi connectivity index (χ3n) is 3.01. The van der Waals surface area contributed by atoms with Crippen molar-refractivity contribution >= 4 is 34.9 Å². The molecule has 1 atom stereocenters. The van der Waals surface area contributed by atoms with E-state index in [9.17, 15) is 0 Å². The highest BCUT2D eigenvalue weighted by atomic mass is 35.5. The number of halogens is 1. The molecule has 18 heavy (non-hydrogen) atoms. The molecule has 1 aliphatic rings. The molecule has 1 aromatic carbocycles. The van der Waals surface area contributed by atoms with E-state index in [-0.39, 0.29) is 6.10 Å². The van der Waals surface area contributed by atoms with E-state index in [2.05, 4.69) is 4.98 Å². The van der Waals surface area contributed by atoms with Crippen molar-refractivity contribution in [2.75, 3.05) is 19.8 Å². The SMILES string of the molecule is S=c1[nH]c2cc(Cl)ccc2n1CC1COCCO1. The van der Waals surface area contributed by atoms with Crippen LogP contribution in [0.15, 0.2) is 18.2 Å². The highest BCUT2D eigenvalue weighted by molar-refractivity contribution is 7.71. The van der Waals surface area contributed by atoms with Gasteiger partial charge >= 0.3 is 0 Å². The summed E-state index contributed by atoms with van der Waals surface area (Å²) in [5, 5.41) is 0.697. The van der Waals surface area contributed by atoms with E-state index in [1.807, 2.05) is 22.8 Å². The molecule has 6 heteroatoms. The molecule has 1 saturated heterocycles. The Bertz CT molecular complexity index is 616. The van der Waals surface area contributed by atoms with Crippen LogP contribution in [0.1, 0.15) is 0 Å². The summed E-state index contributed by atoms with van der Waals surface area (Å²) in [6.45, 7) is 2.63. The molecule has 0 radical (unpaired) electrons. The Balaban J connectivity index is 1.95. The molecule has 4 nitrogen and oxygen atoms in total. The highest BCUT2D eigenvalue weighted by Gasteiger charge is 2.16. The van der Waals surface area contributed by atoms with Gasteiger partial charge in [-0.2, -0.15) is 0 Å². The van der Waals surface area contributed by atoms with Crippen LogP contribution in [0.2, 0.25) is 5.02 Å². The monoisotopic (exact) mass is 284 g/mol. The van der Waals surface area contributed by atoms with Crippen molar-refractivity contribution in [1.82, 2.24) is 9.55 Å². The molecule has 1 N–H and O–H groups in total. The maximum absolute atomic E-state index is 5.96. The normalized spacial score (nSPS) is 20.4. The fourth-order valence-corrected chi connectivity index (χ4v) is 2.62. The standard InChI is InChI=1S/C12H13ClN2O2S/c13-8-1-2-11-10(5-8)14-12(18)15(11)6-9-7-16-3-4-17-9/h1-2,5,9H,3-4,6-7H2,(H,14,18). The molecule has 1 aliphatic heterocycles. The van der Waals surface area contributed by atoms with Crippen LogP contribution in [-0.2, 0) is 16.0 Å². The van der Waals surface area contributed by atoms with E-state index in [4.69, 9.17) is 33.3 Å². The fraction of sp³-hybridized carbons (Fsp3) is 0.417. The first-order chi connectivity index (χ1) is 8.74. The van der Waals surface area contributed by atoms with Gasteiger partial charge in [0.1, 0.15) is 0 Å². The van der Waals surface area contributed by atoms with Gasteiger partial charge in [-0.25, -0.2) is 0 Å². The van der Waals surface area contributed by atoms with E-state index < -0.39 is 0 Å². The first kappa shape index (κ1) is 12.2. The van der Waals surface area contributed by atoms with Gasteiger partial charge in [-0.1, -0.05) is 11.6 Å². The molecule has 2 heterocycles. The molecule has 1 fully saturated rings. The van der Waals surface area contributed by atoms with Gasteiger partial charge in [-0.05, 0) is 30.4 Å². The van der Waals surface area contributed by atoms with E-state index in [0.717, 1.165) is 11.0 Å². The van der Waals surface area contributed by atoms with Crippen molar-refractivity contribution in [3.8, 4) is 0 Å². The molecule has 3 rings (SSSR count). The quantitative estimate of drug-likeness (QED) is 0.862. The van der Waals surface area contributed by atoms with Crippen molar-refractivity contribution < 1.29 is 9.47 Å². The molecule has 1 unspecified atom stereocenters. The van der Waals surface area contributed by atoms with Gasteiger partial charge in [0.15, 0.2) is 4.77 Å². The largest absolute Gasteiger partial charge is 0.376 e. The summed E-state index contributed by atoms with van der Waals surface area (Å²) in [5.41, 5.74) is 1.99. The van der Waals surface area contributed by atoms with Crippen LogP contribution in [-0.4, -0.2) is 35.5 Å². The molecule has 0 bridgehead atoms. The predicted octanol–water partition coefficient (Wildman–Crippen LogP) is 2.77. The smallest absolute Gasteiger partial charge is 0.178 e. The maximum Gasteiger partial charge on any atom is 0.178 e. The van der Waals surface area contributed by atoms with Crippen LogP contribution in [0.5, 0.6) is 0 Å². The number of hydrogen-bond acceptors (Lipinski definition) is 3. The number of H-pyrrole nitrogens is 1. The van der Waals surface area contributed by atoms with Crippen molar-refractivity contribution in [2.45, 2.75) is 12.6 Å². The summed E-state index contributed by atoms with van der Waals surface area (Å²) in [6, 6.07) is 5.70. The molecule has 96 valence electrons. The van der Waals surface area contributed by atoms with Crippen LogP contribution in [0.4, 0.5) is 0 Å². The predicted molar refractivity (Wildman–Crippen MR) is 72.7 cm³/mol. The van der Waals surface area contributed by atoms with Gasteiger partial charge in [0.2, 0.25) is 0 Å². The number of nitrogens with zero attached hydrogens (tertiary/aromatic N) is 1. The van der Waals surface area contributed by atoms with Gasteiger partial charge < -0.3 is 19.0 Å². The van der Waals surface area contributed by atoms with E-state index in [0.29, 0.717) is 36.2 Å². The molecule has 0 saturated carbocycles. The Kier molecular flexibility index (Phi) is 3.39. The minimum atomic E-state index is 0.0557. The number of hydrogen-bond donors (Lipinski definition) is 1. The van der Waals surface area contributed by atoms with E-state index in [1.165, 1.54) is 0 Å². The minimum absolute atomic E-state index is 0.0557. The lowest BCUT2D eigenvalue weighted by atomic mass is 10.3. The number of fused-ring (bicyclic) bond motifs is 1. The summed E-state index contributed by atoms with van der Waals surface area (Å²) < 4.78 is 13.8. The molecule has 2 aromatic rings. The van der Waals surface area contributed by atoms with E-state index >= 15 is 0 Å². The minimum Gasteiger partial charge on any atom is -0.376 e. The third kappa shape index (κ3) is 2.31. The van der Waals surface area contributed by atoms with Gasteiger partial charge in [0.05, 0.1) is 43.5 Å². The summed E-state index contributed by atoms with van der Waals surface area (Å²) in [7, 11) is 0. The molecular formula is C12H13ClN2O2S. The number of benzene rings is 1. The molecular weight excluding hydrogens is 272 g/mol. The average Bonchev–Trinajstić information content (AvgIpc) is 2.66. The number of aromatic amines is 1. The van der Waals surface area contributed by atoms with Crippen molar-refractivity contribution in [3.63, 3.8) is 0 Å². The first-order valence-electron chi connectivity index (χ1n) is 5.81. The third-order valence-corrected chi connectivity index (χ3v) is 3.56. The van der Waals surface area contributed by atoms with Crippen LogP contribution in [0.25, 0.3) is 11.0 Å². The fourth-order valence-electron chi connectivity index (χ4n) is 2.16. The second-order valence-electron chi connectivity index (χ2n) is 4.27. The lowest BCUT2D eigenvalue weighted by Crippen LogP contribution is -2.32. The zero-order chi connectivity index (χ0) is 12.5. The number of nitrogens with one attached hydrogen (secondary N) is 1. The van der Waals surface area contributed by atoms with Crippen LogP contribution in [0, 0.1) is 4.77 Å². The van der Waals surface area contributed by atoms with Crippen LogP contribution >= 0.6 is 23.8 Å². The summed E-state index contributed by atoms with van der Waals surface area (Å²) >= 11 is 11.3. The maximum atomic E-state index is 5.96. The van der Waals surface area contributed by atoms with Gasteiger partial charge in [0.25, 0.3) is 0 Å². The topological polar surface area (TPSA) is 39.2 Å². The Morgan fingerprint density at radius 3 is 3.11 bits per heavy atom. The lowest BCUT2D eigenvalue weighted by Gasteiger charge is -2.23. The molecule has 0 amide bonds. The summed E-state index contributed by atoms with van der Waals surface area (Å²) in [6.07, 6.45) is 0.0557. The molecule has 0 spiro atoms. The molecule has 0 aliphatic carbocycles. The zero-order valence-corrected chi connectivity index (χ0v) is 11.3. The number of rotatable bonds is 2. The number of imidazole rings is 1. The molecule has 1 aromatic heterocycles. The Morgan fingerprint density at radius 1 is 1.44 bits per heavy atom. The second kappa shape index (κ2) is 5.01. The van der Waals surface area contributed by atoms with Crippen LogP contribution in [0.3, 0.4) is 0 Å². The second-order valence-corrected chi connectivity index (χ2v) is 5.09. The Labute approximate surface area is 114 Å². The van der Waals surface area contributed by atoms with Crippen molar-refractivity contribution in [1.29, 1.82) is 0 Å². The highest BCUT2D eigenvalue weighted by Crippen LogP contribution is 2.20. The van der Waals surface area contributed by atoms with E-state index in [1.54, 1.807) is 0 Å². The Morgan fingerprint density at radius 2 is 2.33 bits per heavy atom. The number of aromatic nitrogens is 2.